The molecular weight excluding hydrogens is 216 g/mol. The van der Waals surface area contributed by atoms with Crippen LogP contribution in [0.3, 0.4) is 0 Å². The number of rotatable bonds is 3. The summed E-state index contributed by atoms with van der Waals surface area (Å²) in [4.78, 5) is 24.6. The lowest BCUT2D eigenvalue weighted by atomic mass is 9.96. The fourth-order valence-corrected chi connectivity index (χ4v) is 2.00. The molecule has 0 saturated carbocycles. The molecule has 0 aromatic heterocycles. The highest BCUT2D eigenvalue weighted by molar-refractivity contribution is 6.18. The van der Waals surface area contributed by atoms with E-state index < -0.39 is 0 Å². The zero-order valence-corrected chi connectivity index (χ0v) is 9.72. The van der Waals surface area contributed by atoms with E-state index in [2.05, 4.69) is 5.32 Å². The van der Waals surface area contributed by atoms with Crippen molar-refractivity contribution in [1.82, 2.24) is 10.2 Å². The molecule has 2 amide bonds. The van der Waals surface area contributed by atoms with Crippen LogP contribution >= 0.6 is 11.6 Å². The highest BCUT2D eigenvalue weighted by Gasteiger charge is 2.26. The normalized spacial score (nSPS) is 17.6. The van der Waals surface area contributed by atoms with Crippen molar-refractivity contribution in [2.75, 3.05) is 26.0 Å². The van der Waals surface area contributed by atoms with E-state index in [4.69, 9.17) is 11.6 Å². The lowest BCUT2D eigenvalue weighted by molar-refractivity contribution is -0.135. The number of hydrogen-bond donors (Lipinski definition) is 1. The summed E-state index contributed by atoms with van der Waals surface area (Å²) in [6.07, 6.45) is 1.91. The minimum atomic E-state index is 0.0649. The van der Waals surface area contributed by atoms with Gasteiger partial charge in [-0.05, 0) is 12.8 Å². The van der Waals surface area contributed by atoms with E-state index in [9.17, 15) is 9.59 Å². The van der Waals surface area contributed by atoms with Crippen molar-refractivity contribution in [3.63, 3.8) is 0 Å². The molecule has 1 rings (SSSR count). The second-order valence-electron chi connectivity index (χ2n) is 3.71. The predicted octanol–water partition coefficient (Wildman–Crippen LogP) is 0.600. The molecule has 5 heteroatoms. The van der Waals surface area contributed by atoms with Gasteiger partial charge < -0.3 is 10.2 Å². The average molecular weight is 233 g/mol. The fraction of sp³-hybridized carbons (Fsp3) is 0.800. The molecule has 0 atom stereocenters. The molecule has 0 spiro atoms. The largest absolute Gasteiger partial charge is 0.359 e. The van der Waals surface area contributed by atoms with Gasteiger partial charge in [0.2, 0.25) is 11.8 Å². The maximum atomic E-state index is 11.5. The maximum Gasteiger partial charge on any atom is 0.223 e. The summed E-state index contributed by atoms with van der Waals surface area (Å²) >= 11 is 5.51. The number of nitrogens with zero attached hydrogens (tertiary/aromatic N) is 1. The van der Waals surface area contributed by atoms with Gasteiger partial charge in [0.1, 0.15) is 0 Å². The fourth-order valence-electron chi connectivity index (χ4n) is 1.83. The molecule has 1 heterocycles. The second kappa shape index (κ2) is 5.95. The molecule has 1 aliphatic heterocycles. The molecule has 0 unspecified atom stereocenters. The standard InChI is InChI=1S/C10H17ClN2O2/c1-12-10(15)8-3-6-13(7-4-8)9(14)2-5-11/h8H,2-7H2,1H3,(H,12,15). The predicted molar refractivity (Wildman–Crippen MR) is 58.7 cm³/mol. The van der Waals surface area contributed by atoms with Crippen molar-refractivity contribution in [2.24, 2.45) is 5.92 Å². The molecule has 86 valence electrons. The summed E-state index contributed by atoms with van der Waals surface area (Å²) in [6, 6.07) is 0. The van der Waals surface area contributed by atoms with E-state index in [0.29, 0.717) is 25.4 Å². The average Bonchev–Trinajstić information content (AvgIpc) is 2.28. The Morgan fingerprint density at radius 1 is 1.40 bits per heavy atom. The van der Waals surface area contributed by atoms with E-state index >= 15 is 0 Å². The Labute approximate surface area is 95.0 Å². The summed E-state index contributed by atoms with van der Waals surface area (Å²) < 4.78 is 0. The first-order valence-electron chi connectivity index (χ1n) is 5.24. The number of hydrogen-bond acceptors (Lipinski definition) is 2. The Balaban J connectivity index is 2.35. The summed E-state index contributed by atoms with van der Waals surface area (Å²) in [5.41, 5.74) is 0. The van der Waals surface area contributed by atoms with Crippen LogP contribution in [0.1, 0.15) is 19.3 Å². The van der Waals surface area contributed by atoms with Gasteiger partial charge in [-0.1, -0.05) is 0 Å². The number of piperidine rings is 1. The summed E-state index contributed by atoms with van der Waals surface area (Å²) in [5.74, 6) is 0.614. The van der Waals surface area contributed by atoms with E-state index in [1.54, 1.807) is 11.9 Å². The first kappa shape index (κ1) is 12.3. The number of amides is 2. The van der Waals surface area contributed by atoms with Gasteiger partial charge >= 0.3 is 0 Å². The number of nitrogens with one attached hydrogen (secondary N) is 1. The Bertz CT molecular complexity index is 238. The lowest BCUT2D eigenvalue weighted by Gasteiger charge is -2.31. The molecular formula is C10H17ClN2O2. The van der Waals surface area contributed by atoms with Crippen LogP contribution < -0.4 is 5.32 Å². The summed E-state index contributed by atoms with van der Waals surface area (Å²) in [7, 11) is 1.65. The third-order valence-corrected chi connectivity index (χ3v) is 2.96. The first-order chi connectivity index (χ1) is 7.19. The molecule has 1 fully saturated rings. The van der Waals surface area contributed by atoms with Crippen molar-refractivity contribution in [1.29, 1.82) is 0 Å². The van der Waals surface area contributed by atoms with Crippen LogP contribution in [0.15, 0.2) is 0 Å². The van der Waals surface area contributed by atoms with Crippen LogP contribution in [0.4, 0.5) is 0 Å². The molecule has 1 N–H and O–H groups in total. The van der Waals surface area contributed by atoms with Crippen molar-refractivity contribution in [2.45, 2.75) is 19.3 Å². The van der Waals surface area contributed by atoms with Gasteiger partial charge in [0.05, 0.1) is 0 Å². The topological polar surface area (TPSA) is 49.4 Å². The lowest BCUT2D eigenvalue weighted by Crippen LogP contribution is -2.42. The van der Waals surface area contributed by atoms with E-state index in [1.165, 1.54) is 0 Å². The molecule has 1 aliphatic rings. The highest BCUT2D eigenvalue weighted by atomic mass is 35.5. The molecule has 4 nitrogen and oxygen atoms in total. The van der Waals surface area contributed by atoms with Gasteiger partial charge in [0.25, 0.3) is 0 Å². The van der Waals surface area contributed by atoms with E-state index in [1.807, 2.05) is 0 Å². The highest BCUT2D eigenvalue weighted by Crippen LogP contribution is 2.17. The SMILES string of the molecule is CNC(=O)C1CCN(C(=O)CCCl)CC1. The molecule has 0 aromatic carbocycles. The molecule has 0 aromatic rings. The second-order valence-corrected chi connectivity index (χ2v) is 4.09. The quantitative estimate of drug-likeness (QED) is 0.725. The summed E-state index contributed by atoms with van der Waals surface area (Å²) in [6.45, 7) is 1.35. The van der Waals surface area contributed by atoms with Gasteiger partial charge in [0, 0.05) is 38.4 Å². The van der Waals surface area contributed by atoms with Crippen molar-refractivity contribution < 1.29 is 9.59 Å². The zero-order valence-electron chi connectivity index (χ0n) is 8.96. The van der Waals surface area contributed by atoms with Crippen molar-refractivity contribution in [3.05, 3.63) is 0 Å². The van der Waals surface area contributed by atoms with Crippen LogP contribution in [0.25, 0.3) is 0 Å². The van der Waals surface area contributed by atoms with Gasteiger partial charge in [-0.3, -0.25) is 9.59 Å². The van der Waals surface area contributed by atoms with Crippen molar-refractivity contribution in [3.8, 4) is 0 Å². The minimum absolute atomic E-state index is 0.0649. The van der Waals surface area contributed by atoms with E-state index in [0.717, 1.165) is 12.8 Å². The summed E-state index contributed by atoms with van der Waals surface area (Å²) in [5, 5.41) is 2.64. The zero-order chi connectivity index (χ0) is 11.3. The van der Waals surface area contributed by atoms with Gasteiger partial charge in [0.15, 0.2) is 0 Å². The van der Waals surface area contributed by atoms with Gasteiger partial charge in [-0.15, -0.1) is 11.6 Å². The smallest absolute Gasteiger partial charge is 0.223 e. The van der Waals surface area contributed by atoms with Gasteiger partial charge in [-0.2, -0.15) is 0 Å². The molecule has 1 saturated heterocycles. The number of likely N-dealkylation sites (tertiary alicyclic amines) is 1. The number of halogens is 1. The number of alkyl halides is 1. The van der Waals surface area contributed by atoms with Crippen LogP contribution in [-0.2, 0) is 9.59 Å². The van der Waals surface area contributed by atoms with Crippen molar-refractivity contribution >= 4 is 23.4 Å². The minimum Gasteiger partial charge on any atom is -0.359 e. The maximum absolute atomic E-state index is 11.5. The Kier molecular flexibility index (Phi) is 4.88. The van der Waals surface area contributed by atoms with Gasteiger partial charge in [-0.25, -0.2) is 0 Å². The molecule has 0 aliphatic carbocycles. The van der Waals surface area contributed by atoms with Crippen LogP contribution in [0, 0.1) is 5.92 Å². The number of carbonyl (C=O) groups excluding carboxylic acids is 2. The first-order valence-corrected chi connectivity index (χ1v) is 5.77. The van der Waals surface area contributed by atoms with Crippen LogP contribution in [0.2, 0.25) is 0 Å². The molecule has 0 radical (unpaired) electrons. The monoisotopic (exact) mass is 232 g/mol. The Morgan fingerprint density at radius 3 is 2.47 bits per heavy atom. The Hall–Kier alpha value is -0.770. The van der Waals surface area contributed by atoms with E-state index in [-0.39, 0.29) is 17.7 Å². The molecule has 0 bridgehead atoms. The van der Waals surface area contributed by atoms with Crippen LogP contribution in [-0.4, -0.2) is 42.7 Å². The third kappa shape index (κ3) is 3.38. The van der Waals surface area contributed by atoms with Crippen LogP contribution in [0.5, 0.6) is 0 Å². The molecule has 15 heavy (non-hydrogen) atoms. The number of carbonyl (C=O) groups is 2. The Morgan fingerprint density at radius 2 is 2.00 bits per heavy atom. The third-order valence-electron chi connectivity index (χ3n) is 2.77.